The van der Waals surface area contributed by atoms with Gasteiger partial charge in [0.25, 0.3) is 5.56 Å². The summed E-state index contributed by atoms with van der Waals surface area (Å²) in [7, 11) is 0. The second kappa shape index (κ2) is 5.49. The van der Waals surface area contributed by atoms with Gasteiger partial charge in [-0.25, -0.2) is 0 Å². The Morgan fingerprint density at radius 1 is 1.24 bits per heavy atom. The van der Waals surface area contributed by atoms with E-state index in [0.717, 1.165) is 17.7 Å². The molecule has 2 aromatic heterocycles. The fraction of sp³-hybridized carbons (Fsp3) is 0.333. The van der Waals surface area contributed by atoms with Crippen molar-refractivity contribution in [1.82, 2.24) is 15.0 Å². The van der Waals surface area contributed by atoms with Crippen molar-refractivity contribution in [3.8, 4) is 0 Å². The number of nitrogens with one attached hydrogen (secondary N) is 3. The molecule has 0 fully saturated rings. The van der Waals surface area contributed by atoms with Gasteiger partial charge in [0.1, 0.15) is 5.82 Å². The smallest absolute Gasteiger partial charge is 0.257 e. The molecule has 7 heteroatoms. The second-order valence-corrected chi connectivity index (χ2v) is 7.78. The van der Waals surface area contributed by atoms with E-state index in [1.807, 2.05) is 12.1 Å². The average Bonchev–Trinajstić information content (AvgIpc) is 2.52. The van der Waals surface area contributed by atoms with Gasteiger partial charge in [0.2, 0.25) is 0 Å². The van der Waals surface area contributed by atoms with Gasteiger partial charge < -0.3 is 10.3 Å². The first kappa shape index (κ1) is 16.0. The number of nitrogens with zero attached hydrogens (tertiary/aromatic N) is 1. The SMILES string of the molecule is CC1(C)CC(=O)C2=C(C1)Nc1[nH]c(=S)[nH]c(=O)c1C2c1cccnc1. The standard InChI is InChI=1S/C18H18N4O2S/c1-18(2)6-10-13(11(23)7-18)12(9-4-3-5-19-8-9)14-15(20-10)21-17(25)22-16(14)24/h3-5,8,12H,6-7H2,1-2H3,(H3,20,21,22,24,25). The van der Waals surface area contributed by atoms with Gasteiger partial charge in [0, 0.05) is 36.0 Å². The van der Waals surface area contributed by atoms with Crippen LogP contribution in [0.5, 0.6) is 0 Å². The van der Waals surface area contributed by atoms with E-state index in [9.17, 15) is 9.59 Å². The van der Waals surface area contributed by atoms with E-state index in [-0.39, 0.29) is 21.5 Å². The molecule has 2 aromatic rings. The molecule has 128 valence electrons. The summed E-state index contributed by atoms with van der Waals surface area (Å²) >= 11 is 5.11. The number of rotatable bonds is 1. The van der Waals surface area contributed by atoms with E-state index in [4.69, 9.17) is 12.2 Å². The summed E-state index contributed by atoms with van der Waals surface area (Å²) < 4.78 is 0.256. The minimum atomic E-state index is -0.445. The lowest BCUT2D eigenvalue weighted by molar-refractivity contribution is -0.118. The zero-order chi connectivity index (χ0) is 17.8. The van der Waals surface area contributed by atoms with Crippen molar-refractivity contribution < 1.29 is 4.79 Å². The van der Waals surface area contributed by atoms with Crippen molar-refractivity contribution in [1.29, 1.82) is 0 Å². The quantitative estimate of drug-likeness (QED) is 0.685. The maximum atomic E-state index is 13.0. The molecule has 6 nitrogen and oxygen atoms in total. The normalized spacial score (nSPS) is 21.4. The van der Waals surface area contributed by atoms with Gasteiger partial charge in [-0.3, -0.25) is 19.6 Å². The minimum Gasteiger partial charge on any atom is -0.344 e. The third kappa shape index (κ3) is 2.64. The van der Waals surface area contributed by atoms with Gasteiger partial charge in [-0.2, -0.15) is 0 Å². The van der Waals surface area contributed by atoms with Gasteiger partial charge in [-0.05, 0) is 35.7 Å². The average molecular weight is 354 g/mol. The zero-order valence-corrected chi connectivity index (χ0v) is 14.8. The summed E-state index contributed by atoms with van der Waals surface area (Å²) in [6.07, 6.45) is 4.58. The number of anilines is 1. The molecule has 1 aliphatic carbocycles. The number of pyridine rings is 1. The number of hydrogen-bond acceptors (Lipinski definition) is 5. The van der Waals surface area contributed by atoms with Crippen LogP contribution in [0.1, 0.15) is 43.7 Å². The molecule has 1 aliphatic heterocycles. The Kier molecular flexibility index (Phi) is 3.50. The number of aromatic nitrogens is 3. The summed E-state index contributed by atoms with van der Waals surface area (Å²) in [4.78, 5) is 35.4. The first-order valence-corrected chi connectivity index (χ1v) is 8.56. The molecule has 1 atom stereocenters. The largest absolute Gasteiger partial charge is 0.344 e. The van der Waals surface area contributed by atoms with E-state index >= 15 is 0 Å². The Morgan fingerprint density at radius 2 is 2.04 bits per heavy atom. The molecule has 0 bridgehead atoms. The highest BCUT2D eigenvalue weighted by atomic mass is 32.1. The number of H-pyrrole nitrogens is 2. The van der Waals surface area contributed by atoms with Gasteiger partial charge in [0.15, 0.2) is 10.6 Å². The van der Waals surface area contributed by atoms with Crippen molar-refractivity contribution >= 4 is 23.8 Å². The Morgan fingerprint density at radius 3 is 2.76 bits per heavy atom. The van der Waals surface area contributed by atoms with Crippen LogP contribution in [0.2, 0.25) is 0 Å². The monoisotopic (exact) mass is 354 g/mol. The third-order valence-corrected chi connectivity index (χ3v) is 4.97. The molecule has 0 amide bonds. The van der Waals surface area contributed by atoms with Crippen molar-refractivity contribution in [2.45, 2.75) is 32.6 Å². The van der Waals surface area contributed by atoms with Crippen LogP contribution in [-0.4, -0.2) is 20.7 Å². The van der Waals surface area contributed by atoms with Crippen LogP contribution in [0.15, 0.2) is 40.6 Å². The summed E-state index contributed by atoms with van der Waals surface area (Å²) in [5, 5.41) is 3.26. The number of allylic oxidation sites excluding steroid dienone is 2. The molecule has 2 aliphatic rings. The van der Waals surface area contributed by atoms with Crippen LogP contribution in [-0.2, 0) is 4.79 Å². The molecule has 1 unspecified atom stereocenters. The van der Waals surface area contributed by atoms with Crippen molar-refractivity contribution in [2.24, 2.45) is 5.41 Å². The maximum absolute atomic E-state index is 13.0. The van der Waals surface area contributed by atoms with E-state index in [2.05, 4.69) is 34.1 Å². The number of fused-ring (bicyclic) bond motifs is 1. The van der Waals surface area contributed by atoms with E-state index in [0.29, 0.717) is 23.4 Å². The molecule has 0 saturated carbocycles. The third-order valence-electron chi connectivity index (χ3n) is 4.77. The summed E-state index contributed by atoms with van der Waals surface area (Å²) in [5.74, 6) is 0.186. The van der Waals surface area contributed by atoms with Crippen molar-refractivity contribution in [3.05, 3.63) is 62.0 Å². The lowest BCUT2D eigenvalue weighted by Crippen LogP contribution is -2.36. The van der Waals surface area contributed by atoms with E-state index in [1.165, 1.54) is 0 Å². The molecule has 0 radical (unpaired) electrons. The number of Topliss-reactive ketones (excluding diaryl/α,β-unsaturated/α-hetero) is 1. The van der Waals surface area contributed by atoms with Crippen LogP contribution in [0, 0.1) is 10.2 Å². The van der Waals surface area contributed by atoms with Gasteiger partial charge in [0.05, 0.1) is 5.56 Å². The second-order valence-electron chi connectivity index (χ2n) is 7.37. The van der Waals surface area contributed by atoms with Crippen LogP contribution in [0.25, 0.3) is 0 Å². The maximum Gasteiger partial charge on any atom is 0.257 e. The Labute approximate surface area is 149 Å². The van der Waals surface area contributed by atoms with E-state index < -0.39 is 5.92 Å². The highest BCUT2D eigenvalue weighted by Gasteiger charge is 2.42. The summed E-state index contributed by atoms with van der Waals surface area (Å²) in [6, 6.07) is 3.71. The predicted molar refractivity (Wildman–Crippen MR) is 97.0 cm³/mol. The lowest BCUT2D eigenvalue weighted by Gasteiger charge is -2.38. The van der Waals surface area contributed by atoms with Crippen molar-refractivity contribution in [2.75, 3.05) is 5.32 Å². The topological polar surface area (TPSA) is 90.6 Å². The fourth-order valence-electron chi connectivity index (χ4n) is 3.83. The predicted octanol–water partition coefficient (Wildman–Crippen LogP) is 3.03. The molecule has 4 rings (SSSR count). The van der Waals surface area contributed by atoms with Gasteiger partial charge >= 0.3 is 0 Å². The van der Waals surface area contributed by atoms with E-state index in [1.54, 1.807) is 12.4 Å². The summed E-state index contributed by atoms with van der Waals surface area (Å²) in [5.41, 5.74) is 2.41. The lowest BCUT2D eigenvalue weighted by atomic mass is 9.69. The number of carbonyl (C=O) groups excluding carboxylic acids is 1. The van der Waals surface area contributed by atoms with Crippen molar-refractivity contribution in [3.63, 3.8) is 0 Å². The van der Waals surface area contributed by atoms with Crippen LogP contribution in [0.4, 0.5) is 5.82 Å². The molecule has 3 N–H and O–H groups in total. The van der Waals surface area contributed by atoms with Crippen LogP contribution >= 0.6 is 12.2 Å². The number of aromatic amines is 2. The molecule has 3 heterocycles. The number of carbonyl (C=O) groups is 1. The first-order valence-electron chi connectivity index (χ1n) is 8.15. The molecular weight excluding hydrogens is 336 g/mol. The molecule has 0 aromatic carbocycles. The van der Waals surface area contributed by atoms with Crippen LogP contribution < -0.4 is 10.9 Å². The zero-order valence-electron chi connectivity index (χ0n) is 14.0. The fourth-order valence-corrected chi connectivity index (χ4v) is 4.02. The minimum absolute atomic E-state index is 0.0695. The highest BCUT2D eigenvalue weighted by Crippen LogP contribution is 2.47. The number of hydrogen-bond donors (Lipinski definition) is 3. The molecule has 25 heavy (non-hydrogen) atoms. The number of ketones is 1. The highest BCUT2D eigenvalue weighted by molar-refractivity contribution is 7.71. The molecule has 0 saturated heterocycles. The molecule has 0 spiro atoms. The Bertz CT molecular complexity index is 1020. The van der Waals surface area contributed by atoms with Gasteiger partial charge in [-0.15, -0.1) is 0 Å². The van der Waals surface area contributed by atoms with Gasteiger partial charge in [-0.1, -0.05) is 19.9 Å². The molecular formula is C18H18N4O2S. The Balaban J connectivity index is 2.01. The summed E-state index contributed by atoms with van der Waals surface area (Å²) in [6.45, 7) is 4.15. The first-order chi connectivity index (χ1) is 11.9. The van der Waals surface area contributed by atoms with Crippen LogP contribution in [0.3, 0.4) is 0 Å². The Hall–Kier alpha value is -2.54.